The molecule has 0 saturated heterocycles. The maximum Gasteiger partial charge on any atom is 0.292 e. The molecule has 0 radical (unpaired) electrons. The summed E-state index contributed by atoms with van der Waals surface area (Å²) in [5.74, 6) is -0.400. The zero-order chi connectivity index (χ0) is 17.5. The molecule has 0 aliphatic heterocycles. The number of rotatable bonds is 7. The van der Waals surface area contributed by atoms with Crippen molar-refractivity contribution in [3.8, 4) is 0 Å². The van der Waals surface area contributed by atoms with Crippen molar-refractivity contribution in [1.82, 2.24) is 15.2 Å². The lowest BCUT2D eigenvalue weighted by molar-refractivity contribution is 0.0949. The Morgan fingerprint density at radius 3 is 2.58 bits per heavy atom. The lowest BCUT2D eigenvalue weighted by Crippen LogP contribution is -2.29. The number of nitrogens with one attached hydrogen (secondary N) is 1. The lowest BCUT2D eigenvalue weighted by atomic mass is 10.1. The molecular weight excluding hydrogens is 304 g/mol. The monoisotopic (exact) mass is 328 g/mol. The molecule has 24 heavy (non-hydrogen) atoms. The Labute approximate surface area is 141 Å². The number of hydrogen-bond donors (Lipinski definition) is 1. The van der Waals surface area contributed by atoms with Gasteiger partial charge in [-0.3, -0.25) is 9.59 Å². The van der Waals surface area contributed by atoms with Gasteiger partial charge < -0.3 is 0 Å². The highest BCUT2D eigenvalue weighted by molar-refractivity contribution is 6.05. The van der Waals surface area contributed by atoms with Crippen LogP contribution < -0.4 is 11.0 Å². The van der Waals surface area contributed by atoms with Crippen LogP contribution in [0.2, 0.25) is 0 Å². The molecular formula is C18H24N4O2. The number of aryl methyl sites for hydroxylation is 1. The largest absolute Gasteiger partial charge is 0.292 e. The van der Waals surface area contributed by atoms with Gasteiger partial charge in [0.1, 0.15) is 0 Å². The van der Waals surface area contributed by atoms with Gasteiger partial charge in [0.15, 0.2) is 5.69 Å². The topological polar surface area (TPSA) is 76.3 Å². The lowest BCUT2D eigenvalue weighted by Gasteiger charge is -2.10. The predicted molar refractivity (Wildman–Crippen MR) is 96.4 cm³/mol. The fourth-order valence-corrected chi connectivity index (χ4v) is 2.34. The molecule has 0 bridgehead atoms. The van der Waals surface area contributed by atoms with Gasteiger partial charge in [-0.1, -0.05) is 44.9 Å². The van der Waals surface area contributed by atoms with Gasteiger partial charge in [-0.15, -0.1) is 0 Å². The standard InChI is InChI=1S/C18H24N4O2/c1-4-6-9-12-22-18(24)15-11-8-7-10-14(15)16(21-22)17(23)20-19-13(3)5-2/h7-8,10-11H,4-6,9,12H2,1-3H3,(H,20,23)/b19-13-. The average Bonchev–Trinajstić information content (AvgIpc) is 2.61. The van der Waals surface area contributed by atoms with Crippen molar-refractivity contribution < 1.29 is 4.79 Å². The van der Waals surface area contributed by atoms with Gasteiger partial charge in [0.25, 0.3) is 11.5 Å². The van der Waals surface area contributed by atoms with Crippen LogP contribution in [0.3, 0.4) is 0 Å². The number of benzene rings is 1. The van der Waals surface area contributed by atoms with Gasteiger partial charge in [-0.05, 0) is 25.8 Å². The number of fused-ring (bicyclic) bond motifs is 1. The fraction of sp³-hybridized carbons (Fsp3) is 0.444. The van der Waals surface area contributed by atoms with E-state index < -0.39 is 5.91 Å². The minimum absolute atomic E-state index is 0.161. The molecule has 6 nitrogen and oxygen atoms in total. The maximum atomic E-state index is 12.6. The fourth-order valence-electron chi connectivity index (χ4n) is 2.34. The van der Waals surface area contributed by atoms with E-state index in [1.807, 2.05) is 13.8 Å². The second-order valence-corrected chi connectivity index (χ2v) is 5.77. The van der Waals surface area contributed by atoms with Crippen LogP contribution in [0.1, 0.15) is 56.9 Å². The Bertz CT molecular complexity index is 808. The molecule has 0 saturated carbocycles. The molecule has 0 unspecified atom stereocenters. The summed E-state index contributed by atoms with van der Waals surface area (Å²) in [5.41, 5.74) is 3.42. The Balaban J connectivity index is 2.45. The molecule has 0 aliphatic rings. The molecule has 6 heteroatoms. The van der Waals surface area contributed by atoms with Gasteiger partial charge in [0.05, 0.1) is 5.39 Å². The number of unbranched alkanes of at least 4 members (excludes halogenated alkanes) is 2. The molecule has 2 aromatic rings. The minimum Gasteiger partial charge on any atom is -0.267 e. The van der Waals surface area contributed by atoms with Gasteiger partial charge in [0, 0.05) is 17.6 Å². The molecule has 2 rings (SSSR count). The smallest absolute Gasteiger partial charge is 0.267 e. The van der Waals surface area contributed by atoms with Gasteiger partial charge >= 0.3 is 0 Å². The number of aromatic nitrogens is 2. The third kappa shape index (κ3) is 4.07. The summed E-state index contributed by atoms with van der Waals surface area (Å²) in [6, 6.07) is 7.06. The van der Waals surface area contributed by atoms with Crippen molar-refractivity contribution in [2.24, 2.45) is 5.10 Å². The van der Waals surface area contributed by atoms with E-state index in [0.717, 1.165) is 31.4 Å². The first kappa shape index (κ1) is 17.8. The van der Waals surface area contributed by atoms with Crippen LogP contribution >= 0.6 is 0 Å². The second-order valence-electron chi connectivity index (χ2n) is 5.77. The van der Waals surface area contributed by atoms with Crippen molar-refractivity contribution >= 4 is 22.4 Å². The van der Waals surface area contributed by atoms with Crippen LogP contribution in [0.15, 0.2) is 34.2 Å². The summed E-state index contributed by atoms with van der Waals surface area (Å²) in [5, 5.41) is 9.40. The summed E-state index contributed by atoms with van der Waals surface area (Å²) < 4.78 is 1.39. The van der Waals surface area contributed by atoms with Crippen LogP contribution in [0, 0.1) is 0 Å². The Kier molecular flexibility index (Phi) is 6.23. The molecule has 0 spiro atoms. The number of nitrogens with zero attached hydrogens (tertiary/aromatic N) is 3. The molecule has 1 amide bonds. The zero-order valence-corrected chi connectivity index (χ0v) is 14.5. The molecule has 1 aromatic heterocycles. The Morgan fingerprint density at radius 2 is 1.92 bits per heavy atom. The second kappa shape index (κ2) is 8.38. The van der Waals surface area contributed by atoms with Crippen LogP contribution in [-0.4, -0.2) is 21.4 Å². The minimum atomic E-state index is -0.400. The third-order valence-electron chi connectivity index (χ3n) is 3.92. The number of carbonyl (C=O) groups excluding carboxylic acids is 1. The molecule has 0 aliphatic carbocycles. The van der Waals surface area contributed by atoms with Gasteiger partial charge in [-0.2, -0.15) is 10.2 Å². The van der Waals surface area contributed by atoms with E-state index >= 15 is 0 Å². The van der Waals surface area contributed by atoms with E-state index in [9.17, 15) is 9.59 Å². The molecule has 128 valence electrons. The summed E-state index contributed by atoms with van der Waals surface area (Å²) in [6.07, 6.45) is 3.68. The Morgan fingerprint density at radius 1 is 1.21 bits per heavy atom. The normalized spacial score (nSPS) is 11.7. The third-order valence-corrected chi connectivity index (χ3v) is 3.92. The van der Waals surface area contributed by atoms with Crippen molar-refractivity contribution in [2.45, 2.75) is 53.0 Å². The predicted octanol–water partition coefficient (Wildman–Crippen LogP) is 3.10. The van der Waals surface area contributed by atoms with Crippen molar-refractivity contribution in [1.29, 1.82) is 0 Å². The molecule has 0 atom stereocenters. The van der Waals surface area contributed by atoms with Crippen LogP contribution in [0.5, 0.6) is 0 Å². The first-order valence-electron chi connectivity index (χ1n) is 8.41. The zero-order valence-electron chi connectivity index (χ0n) is 14.5. The van der Waals surface area contributed by atoms with Gasteiger partial charge in [-0.25, -0.2) is 10.1 Å². The SMILES string of the molecule is CCCCCn1nc(C(=O)N/N=C(/C)CC)c2ccccc2c1=O. The summed E-state index contributed by atoms with van der Waals surface area (Å²) in [7, 11) is 0. The molecule has 1 heterocycles. The average molecular weight is 328 g/mol. The van der Waals surface area contributed by atoms with E-state index in [1.165, 1.54) is 4.68 Å². The van der Waals surface area contributed by atoms with E-state index in [2.05, 4.69) is 22.5 Å². The maximum absolute atomic E-state index is 12.6. The highest BCUT2D eigenvalue weighted by atomic mass is 16.2. The Hall–Kier alpha value is -2.50. The van der Waals surface area contributed by atoms with E-state index in [4.69, 9.17) is 0 Å². The van der Waals surface area contributed by atoms with Crippen LogP contribution in [-0.2, 0) is 6.54 Å². The first-order chi connectivity index (χ1) is 11.6. The summed E-state index contributed by atoms with van der Waals surface area (Å²) in [6.45, 7) is 6.42. The van der Waals surface area contributed by atoms with Crippen molar-refractivity contribution in [2.75, 3.05) is 0 Å². The van der Waals surface area contributed by atoms with Crippen molar-refractivity contribution in [3.63, 3.8) is 0 Å². The molecule has 1 N–H and O–H groups in total. The van der Waals surface area contributed by atoms with E-state index in [0.29, 0.717) is 17.3 Å². The van der Waals surface area contributed by atoms with Crippen LogP contribution in [0.4, 0.5) is 0 Å². The van der Waals surface area contributed by atoms with Crippen molar-refractivity contribution in [3.05, 3.63) is 40.3 Å². The summed E-state index contributed by atoms with van der Waals surface area (Å²) in [4.78, 5) is 25.0. The highest BCUT2D eigenvalue weighted by Crippen LogP contribution is 2.13. The van der Waals surface area contributed by atoms with E-state index in [1.54, 1.807) is 24.3 Å². The number of hydrogen-bond acceptors (Lipinski definition) is 4. The van der Waals surface area contributed by atoms with E-state index in [-0.39, 0.29) is 11.3 Å². The number of carbonyl (C=O) groups is 1. The molecule has 1 aromatic carbocycles. The number of hydrazone groups is 1. The first-order valence-corrected chi connectivity index (χ1v) is 8.41. The van der Waals surface area contributed by atoms with Crippen LogP contribution in [0.25, 0.3) is 10.8 Å². The quantitative estimate of drug-likeness (QED) is 0.482. The van der Waals surface area contributed by atoms with Gasteiger partial charge in [0.2, 0.25) is 0 Å². The molecule has 0 fully saturated rings. The summed E-state index contributed by atoms with van der Waals surface area (Å²) >= 11 is 0. The number of amides is 1. The highest BCUT2D eigenvalue weighted by Gasteiger charge is 2.16.